The average Bonchev–Trinajstić information content (AvgIpc) is 3.23. The number of anilines is 1. The Bertz CT molecular complexity index is 588. The monoisotopic (exact) mass is 253 g/mol. The van der Waals surface area contributed by atoms with E-state index in [9.17, 15) is 0 Å². The first-order valence-electron chi connectivity index (χ1n) is 7.00. The number of nitrogens with zero attached hydrogens (tertiary/aromatic N) is 2. The molecule has 0 unspecified atom stereocenters. The number of nitrogen functional groups attached to an aromatic ring is 1. The molecule has 3 rings (SSSR count). The van der Waals surface area contributed by atoms with Crippen LogP contribution >= 0.6 is 0 Å². The van der Waals surface area contributed by atoms with Crippen LogP contribution in [0.4, 0.5) is 5.82 Å². The van der Waals surface area contributed by atoms with E-state index in [4.69, 9.17) is 5.73 Å². The van der Waals surface area contributed by atoms with Gasteiger partial charge in [0.15, 0.2) is 5.82 Å². The Kier molecular flexibility index (Phi) is 3.20. The van der Waals surface area contributed by atoms with Crippen LogP contribution in [0, 0.1) is 0 Å². The maximum Gasteiger partial charge on any atom is 0.162 e. The van der Waals surface area contributed by atoms with Crippen molar-refractivity contribution in [2.75, 3.05) is 5.73 Å². The third kappa shape index (κ3) is 2.60. The molecule has 2 N–H and O–H groups in total. The second-order valence-electron chi connectivity index (χ2n) is 5.22. The molecule has 1 aliphatic rings. The summed E-state index contributed by atoms with van der Waals surface area (Å²) < 4.78 is 0. The lowest BCUT2D eigenvalue weighted by Gasteiger charge is -2.09. The van der Waals surface area contributed by atoms with E-state index in [0.29, 0.717) is 11.7 Å². The topological polar surface area (TPSA) is 51.8 Å². The summed E-state index contributed by atoms with van der Waals surface area (Å²) >= 11 is 0. The fourth-order valence-electron chi connectivity index (χ4n) is 2.47. The van der Waals surface area contributed by atoms with Gasteiger partial charge in [0.2, 0.25) is 0 Å². The van der Waals surface area contributed by atoms with Crippen LogP contribution in [0.2, 0.25) is 0 Å². The van der Waals surface area contributed by atoms with Gasteiger partial charge in [-0.15, -0.1) is 0 Å². The Morgan fingerprint density at radius 2 is 2.00 bits per heavy atom. The minimum atomic E-state index is 0.569. The zero-order chi connectivity index (χ0) is 13.2. The fraction of sp³-hybridized carbons (Fsp3) is 0.375. The Labute approximate surface area is 113 Å². The van der Waals surface area contributed by atoms with Crippen LogP contribution in [0.1, 0.15) is 43.4 Å². The number of aryl methyl sites for hydroxylation is 1. The van der Waals surface area contributed by atoms with E-state index >= 15 is 0 Å². The van der Waals surface area contributed by atoms with Gasteiger partial charge in [0.25, 0.3) is 0 Å². The van der Waals surface area contributed by atoms with Gasteiger partial charge in [-0.25, -0.2) is 9.97 Å². The second-order valence-corrected chi connectivity index (χ2v) is 5.22. The molecule has 0 radical (unpaired) electrons. The van der Waals surface area contributed by atoms with Crippen molar-refractivity contribution in [1.82, 2.24) is 9.97 Å². The van der Waals surface area contributed by atoms with Gasteiger partial charge >= 0.3 is 0 Å². The number of rotatable bonds is 4. The van der Waals surface area contributed by atoms with Gasteiger partial charge in [-0.1, -0.05) is 37.6 Å². The maximum atomic E-state index is 5.92. The van der Waals surface area contributed by atoms with E-state index in [1.54, 1.807) is 0 Å². The molecule has 0 saturated heterocycles. The molecule has 3 nitrogen and oxygen atoms in total. The van der Waals surface area contributed by atoms with Gasteiger partial charge < -0.3 is 5.73 Å². The Balaban J connectivity index is 2.06. The van der Waals surface area contributed by atoms with Crippen molar-refractivity contribution >= 4 is 5.82 Å². The summed E-state index contributed by atoms with van der Waals surface area (Å²) in [6.07, 6.45) is 4.58. The molecule has 1 heterocycles. The first kappa shape index (κ1) is 12.2. The lowest BCUT2D eigenvalue weighted by atomic mass is 10.0. The molecule has 1 aromatic heterocycles. The zero-order valence-electron chi connectivity index (χ0n) is 11.3. The number of hydrogen-bond acceptors (Lipinski definition) is 3. The molecular formula is C16H19N3. The molecule has 0 aliphatic heterocycles. The van der Waals surface area contributed by atoms with Crippen LogP contribution in [0.25, 0.3) is 11.4 Å². The smallest absolute Gasteiger partial charge is 0.162 e. The number of nitrogens with two attached hydrogens (primary N) is 1. The molecule has 0 spiro atoms. The molecule has 19 heavy (non-hydrogen) atoms. The summed E-state index contributed by atoms with van der Waals surface area (Å²) in [6.45, 7) is 2.15. The van der Waals surface area contributed by atoms with Crippen molar-refractivity contribution in [3.05, 3.63) is 41.6 Å². The highest BCUT2D eigenvalue weighted by Gasteiger charge is 2.26. The van der Waals surface area contributed by atoms with Crippen LogP contribution in [0.5, 0.6) is 0 Å². The van der Waals surface area contributed by atoms with Crippen molar-refractivity contribution in [3.8, 4) is 11.4 Å². The largest absolute Gasteiger partial charge is 0.384 e. The average molecular weight is 253 g/mol. The molecule has 0 atom stereocenters. The summed E-state index contributed by atoms with van der Waals surface area (Å²) in [5.41, 5.74) is 9.47. The molecule has 3 heteroatoms. The summed E-state index contributed by atoms with van der Waals surface area (Å²) in [7, 11) is 0. The molecule has 0 bridgehead atoms. The SMILES string of the molecule is CCCc1cc(N)nc(-c2ccccc2C2CC2)n1. The fourth-order valence-corrected chi connectivity index (χ4v) is 2.47. The standard InChI is InChI=1S/C16H19N3/c1-2-5-12-10-15(17)19-16(18-12)14-7-4-3-6-13(14)11-8-9-11/h3-4,6-7,10-11H,2,5,8-9H2,1H3,(H2,17,18,19). The van der Waals surface area contributed by atoms with Gasteiger partial charge in [-0.05, 0) is 30.7 Å². The molecule has 1 saturated carbocycles. The predicted octanol–water partition coefficient (Wildman–Crippen LogP) is 3.56. The Morgan fingerprint density at radius 3 is 2.74 bits per heavy atom. The van der Waals surface area contributed by atoms with Crippen LogP contribution in [0.15, 0.2) is 30.3 Å². The zero-order valence-corrected chi connectivity index (χ0v) is 11.3. The third-order valence-corrected chi connectivity index (χ3v) is 3.52. The Morgan fingerprint density at radius 1 is 1.21 bits per heavy atom. The second kappa shape index (κ2) is 5.00. The minimum absolute atomic E-state index is 0.569. The van der Waals surface area contributed by atoms with Crippen LogP contribution in [-0.2, 0) is 6.42 Å². The minimum Gasteiger partial charge on any atom is -0.384 e. The quantitative estimate of drug-likeness (QED) is 0.906. The molecule has 1 fully saturated rings. The summed E-state index contributed by atoms with van der Waals surface area (Å²) in [4.78, 5) is 9.10. The number of aromatic nitrogens is 2. The highest BCUT2D eigenvalue weighted by molar-refractivity contribution is 5.63. The van der Waals surface area contributed by atoms with E-state index in [2.05, 4.69) is 35.1 Å². The summed E-state index contributed by atoms with van der Waals surface area (Å²) in [5.74, 6) is 2.04. The highest BCUT2D eigenvalue weighted by atomic mass is 14.9. The predicted molar refractivity (Wildman–Crippen MR) is 77.9 cm³/mol. The van der Waals surface area contributed by atoms with Gasteiger partial charge in [-0.3, -0.25) is 0 Å². The van der Waals surface area contributed by atoms with E-state index in [1.165, 1.54) is 18.4 Å². The van der Waals surface area contributed by atoms with Crippen molar-refractivity contribution in [3.63, 3.8) is 0 Å². The van der Waals surface area contributed by atoms with E-state index < -0.39 is 0 Å². The highest BCUT2D eigenvalue weighted by Crippen LogP contribution is 2.43. The summed E-state index contributed by atoms with van der Waals surface area (Å²) in [5, 5.41) is 0. The van der Waals surface area contributed by atoms with E-state index in [0.717, 1.165) is 29.9 Å². The first-order chi connectivity index (χ1) is 9.28. The lowest BCUT2D eigenvalue weighted by Crippen LogP contribution is -2.01. The van der Waals surface area contributed by atoms with E-state index in [-0.39, 0.29) is 0 Å². The third-order valence-electron chi connectivity index (χ3n) is 3.52. The van der Waals surface area contributed by atoms with Crippen LogP contribution in [0.3, 0.4) is 0 Å². The molecule has 1 aromatic carbocycles. The molecular weight excluding hydrogens is 234 g/mol. The molecule has 98 valence electrons. The van der Waals surface area contributed by atoms with Gasteiger partial charge in [-0.2, -0.15) is 0 Å². The first-order valence-corrected chi connectivity index (χ1v) is 7.00. The Hall–Kier alpha value is -1.90. The van der Waals surface area contributed by atoms with Crippen molar-refractivity contribution in [1.29, 1.82) is 0 Å². The number of hydrogen-bond donors (Lipinski definition) is 1. The normalized spacial score (nSPS) is 14.6. The van der Waals surface area contributed by atoms with Crippen molar-refractivity contribution < 1.29 is 0 Å². The van der Waals surface area contributed by atoms with Gasteiger partial charge in [0.1, 0.15) is 5.82 Å². The van der Waals surface area contributed by atoms with Crippen molar-refractivity contribution in [2.45, 2.75) is 38.5 Å². The number of benzene rings is 1. The van der Waals surface area contributed by atoms with Crippen molar-refractivity contribution in [2.24, 2.45) is 0 Å². The molecule has 1 aliphatic carbocycles. The van der Waals surface area contributed by atoms with Gasteiger partial charge in [0, 0.05) is 17.3 Å². The van der Waals surface area contributed by atoms with Crippen LogP contribution < -0.4 is 5.73 Å². The molecule has 2 aromatic rings. The van der Waals surface area contributed by atoms with Gasteiger partial charge in [0.05, 0.1) is 0 Å². The maximum absolute atomic E-state index is 5.92. The van der Waals surface area contributed by atoms with E-state index in [1.807, 2.05) is 12.1 Å². The summed E-state index contributed by atoms with van der Waals surface area (Å²) in [6, 6.07) is 10.3. The lowest BCUT2D eigenvalue weighted by molar-refractivity contribution is 0.876. The van der Waals surface area contributed by atoms with Crippen LogP contribution in [-0.4, -0.2) is 9.97 Å². The molecule has 0 amide bonds.